The van der Waals surface area contributed by atoms with Crippen LogP contribution in [-0.4, -0.2) is 5.78 Å². The van der Waals surface area contributed by atoms with Crippen molar-refractivity contribution < 1.29 is 4.79 Å². The fourth-order valence-electron chi connectivity index (χ4n) is 1.35. The summed E-state index contributed by atoms with van der Waals surface area (Å²) in [5.74, 6) is 0.809. The normalized spacial score (nSPS) is 16.1. The largest absolute Gasteiger partial charge is 0.299 e. The minimum atomic E-state index is 0.388. The summed E-state index contributed by atoms with van der Waals surface area (Å²) in [6.07, 6.45) is 3.71. The first-order valence-corrected chi connectivity index (χ1v) is 5.77. The maximum Gasteiger partial charge on any atom is 0.136 e. The lowest BCUT2D eigenvalue weighted by atomic mass is 10.1. The summed E-state index contributed by atoms with van der Waals surface area (Å²) in [5, 5.41) is 2.79. The number of carbonyl (C=O) groups excluding carboxylic acids is 1. The van der Waals surface area contributed by atoms with Crippen molar-refractivity contribution in [3.05, 3.63) is 21.3 Å². The lowest BCUT2D eigenvalue weighted by molar-refractivity contribution is -0.120. The highest BCUT2D eigenvalue weighted by Crippen LogP contribution is 2.32. The highest BCUT2D eigenvalue weighted by atomic mass is 35.5. The Balaban J connectivity index is 1.85. The van der Waals surface area contributed by atoms with Crippen LogP contribution in [0.5, 0.6) is 0 Å². The molecule has 0 radical (unpaired) electrons. The zero-order valence-electron chi connectivity index (χ0n) is 7.25. The van der Waals surface area contributed by atoms with E-state index >= 15 is 0 Å². The molecule has 13 heavy (non-hydrogen) atoms. The molecule has 1 aromatic rings. The Hall–Kier alpha value is -0.340. The van der Waals surface area contributed by atoms with Crippen molar-refractivity contribution in [3.63, 3.8) is 0 Å². The minimum Gasteiger partial charge on any atom is -0.299 e. The molecule has 0 bridgehead atoms. The number of aryl methyl sites for hydroxylation is 1. The average molecular weight is 215 g/mol. The van der Waals surface area contributed by atoms with Gasteiger partial charge in [-0.1, -0.05) is 11.6 Å². The van der Waals surface area contributed by atoms with Gasteiger partial charge in [0, 0.05) is 17.2 Å². The fraction of sp³-hybridized carbons (Fsp3) is 0.500. The van der Waals surface area contributed by atoms with Crippen LogP contribution in [0.25, 0.3) is 0 Å². The van der Waals surface area contributed by atoms with Crippen LogP contribution in [0.4, 0.5) is 0 Å². The first-order valence-electron chi connectivity index (χ1n) is 4.52. The molecule has 1 nitrogen and oxygen atoms in total. The van der Waals surface area contributed by atoms with Crippen molar-refractivity contribution in [2.24, 2.45) is 5.92 Å². The van der Waals surface area contributed by atoms with Crippen molar-refractivity contribution in [2.75, 3.05) is 0 Å². The predicted octanol–water partition coefficient (Wildman–Crippen LogP) is 3.31. The molecule has 0 unspecified atom stereocenters. The summed E-state index contributed by atoms with van der Waals surface area (Å²) in [4.78, 5) is 12.5. The number of thiophene rings is 1. The van der Waals surface area contributed by atoms with Crippen LogP contribution in [0.2, 0.25) is 5.02 Å². The van der Waals surface area contributed by atoms with Crippen molar-refractivity contribution in [1.29, 1.82) is 0 Å². The third kappa shape index (κ3) is 2.32. The molecule has 1 heterocycles. The van der Waals surface area contributed by atoms with Gasteiger partial charge in [-0.05, 0) is 30.7 Å². The second kappa shape index (κ2) is 3.81. The number of rotatable bonds is 4. The maximum absolute atomic E-state index is 11.4. The van der Waals surface area contributed by atoms with E-state index in [0.29, 0.717) is 18.1 Å². The molecular weight excluding hydrogens is 204 g/mol. The van der Waals surface area contributed by atoms with Gasteiger partial charge in [-0.3, -0.25) is 4.79 Å². The molecule has 0 spiro atoms. The van der Waals surface area contributed by atoms with E-state index in [-0.39, 0.29) is 0 Å². The van der Waals surface area contributed by atoms with Gasteiger partial charge < -0.3 is 0 Å². The van der Waals surface area contributed by atoms with E-state index in [1.807, 2.05) is 11.4 Å². The van der Waals surface area contributed by atoms with Gasteiger partial charge in [-0.25, -0.2) is 0 Å². The Bertz CT molecular complexity index is 314. The summed E-state index contributed by atoms with van der Waals surface area (Å²) in [6.45, 7) is 0. The van der Waals surface area contributed by atoms with Gasteiger partial charge in [-0.15, -0.1) is 11.3 Å². The van der Waals surface area contributed by atoms with Crippen molar-refractivity contribution in [3.8, 4) is 0 Å². The molecule has 0 atom stereocenters. The SMILES string of the molecule is O=C(CCc1sccc1Cl)C1CC1. The van der Waals surface area contributed by atoms with Crippen LogP contribution in [0.15, 0.2) is 11.4 Å². The summed E-state index contributed by atoms with van der Waals surface area (Å²) < 4.78 is 0. The Morgan fingerprint density at radius 2 is 2.38 bits per heavy atom. The average Bonchev–Trinajstić information content (AvgIpc) is 2.88. The van der Waals surface area contributed by atoms with Gasteiger partial charge in [0.15, 0.2) is 0 Å². The van der Waals surface area contributed by atoms with E-state index in [4.69, 9.17) is 11.6 Å². The summed E-state index contributed by atoms with van der Waals surface area (Å²) >= 11 is 7.56. The molecule has 1 aromatic heterocycles. The van der Waals surface area contributed by atoms with Crippen LogP contribution in [0.1, 0.15) is 24.1 Å². The van der Waals surface area contributed by atoms with Crippen LogP contribution in [0, 0.1) is 5.92 Å². The molecule has 1 aliphatic carbocycles. The van der Waals surface area contributed by atoms with Crippen LogP contribution >= 0.6 is 22.9 Å². The lowest BCUT2D eigenvalue weighted by Gasteiger charge is -1.97. The standard InChI is InChI=1S/C10H11ClOS/c11-8-5-6-13-10(8)4-3-9(12)7-1-2-7/h5-7H,1-4H2. The van der Waals surface area contributed by atoms with E-state index in [9.17, 15) is 4.79 Å². The van der Waals surface area contributed by atoms with E-state index in [1.165, 1.54) is 0 Å². The number of hydrogen-bond acceptors (Lipinski definition) is 2. The Labute approximate surface area is 86.7 Å². The fourth-order valence-corrected chi connectivity index (χ4v) is 2.48. The second-order valence-corrected chi connectivity index (χ2v) is 4.84. The molecule has 1 aliphatic rings. The van der Waals surface area contributed by atoms with Gasteiger partial charge in [0.05, 0.1) is 5.02 Å². The third-order valence-electron chi connectivity index (χ3n) is 2.32. The van der Waals surface area contributed by atoms with Crippen molar-refractivity contribution in [1.82, 2.24) is 0 Å². The topological polar surface area (TPSA) is 17.1 Å². The Kier molecular flexibility index (Phi) is 2.70. The predicted molar refractivity (Wildman–Crippen MR) is 55.4 cm³/mol. The zero-order valence-corrected chi connectivity index (χ0v) is 8.83. The molecule has 0 aliphatic heterocycles. The molecule has 0 N–H and O–H groups in total. The van der Waals surface area contributed by atoms with Gasteiger partial charge in [-0.2, -0.15) is 0 Å². The Morgan fingerprint density at radius 3 is 2.92 bits per heavy atom. The molecule has 3 heteroatoms. The number of Topliss-reactive ketones (excluding diaryl/α,β-unsaturated/α-hetero) is 1. The number of halogens is 1. The first-order chi connectivity index (χ1) is 6.27. The van der Waals surface area contributed by atoms with Crippen LogP contribution < -0.4 is 0 Å². The summed E-state index contributed by atoms with van der Waals surface area (Å²) in [6, 6.07) is 1.89. The number of ketones is 1. The van der Waals surface area contributed by atoms with Gasteiger partial charge >= 0.3 is 0 Å². The monoisotopic (exact) mass is 214 g/mol. The first kappa shape index (κ1) is 9.22. The minimum absolute atomic E-state index is 0.388. The second-order valence-electron chi connectivity index (χ2n) is 3.43. The molecule has 0 aromatic carbocycles. The molecule has 1 fully saturated rings. The molecule has 70 valence electrons. The highest BCUT2D eigenvalue weighted by molar-refractivity contribution is 7.10. The van der Waals surface area contributed by atoms with Gasteiger partial charge in [0.25, 0.3) is 0 Å². The van der Waals surface area contributed by atoms with Crippen molar-refractivity contribution in [2.45, 2.75) is 25.7 Å². The molecular formula is C10H11ClOS. The summed E-state index contributed by atoms with van der Waals surface area (Å²) in [5.41, 5.74) is 0. The molecule has 0 saturated heterocycles. The lowest BCUT2D eigenvalue weighted by Crippen LogP contribution is -2.01. The number of hydrogen-bond donors (Lipinski definition) is 0. The highest BCUT2D eigenvalue weighted by Gasteiger charge is 2.28. The summed E-state index contributed by atoms with van der Waals surface area (Å²) in [7, 11) is 0. The third-order valence-corrected chi connectivity index (χ3v) is 3.77. The van der Waals surface area contributed by atoms with Gasteiger partial charge in [0.2, 0.25) is 0 Å². The maximum atomic E-state index is 11.4. The molecule has 2 rings (SSSR count). The smallest absolute Gasteiger partial charge is 0.136 e. The van der Waals surface area contributed by atoms with E-state index in [2.05, 4.69) is 0 Å². The van der Waals surface area contributed by atoms with Gasteiger partial charge in [0.1, 0.15) is 5.78 Å². The molecule has 1 saturated carbocycles. The van der Waals surface area contributed by atoms with Crippen molar-refractivity contribution >= 4 is 28.7 Å². The zero-order chi connectivity index (χ0) is 9.26. The van der Waals surface area contributed by atoms with Crippen LogP contribution in [-0.2, 0) is 11.2 Å². The van der Waals surface area contributed by atoms with E-state index < -0.39 is 0 Å². The number of carbonyl (C=O) groups is 1. The van der Waals surface area contributed by atoms with E-state index in [1.54, 1.807) is 11.3 Å². The quantitative estimate of drug-likeness (QED) is 0.752. The van der Waals surface area contributed by atoms with E-state index in [0.717, 1.165) is 29.2 Å². The Morgan fingerprint density at radius 1 is 1.62 bits per heavy atom. The van der Waals surface area contributed by atoms with Crippen LogP contribution in [0.3, 0.4) is 0 Å². The molecule has 0 amide bonds.